The van der Waals surface area contributed by atoms with Crippen LogP contribution >= 0.6 is 12.4 Å². The van der Waals surface area contributed by atoms with Gasteiger partial charge < -0.3 is 10.6 Å². The number of benzene rings is 1. The summed E-state index contributed by atoms with van der Waals surface area (Å²) in [5, 5.41) is 0. The van der Waals surface area contributed by atoms with E-state index in [4.69, 9.17) is 5.73 Å². The lowest BCUT2D eigenvalue weighted by atomic mass is 10.1. The zero-order valence-electron chi connectivity index (χ0n) is 9.35. The van der Waals surface area contributed by atoms with E-state index < -0.39 is 0 Å². The lowest BCUT2D eigenvalue weighted by Gasteiger charge is -2.15. The number of rotatable bonds is 1. The minimum absolute atomic E-state index is 0. The number of carbonyl (C=O) groups is 1. The fourth-order valence-corrected chi connectivity index (χ4v) is 1.85. The number of carbonyl (C=O) groups excluding carboxylic acids is 1. The average Bonchev–Trinajstić information content (AvgIpc) is 2.65. The van der Waals surface area contributed by atoms with Crippen LogP contribution in [0.5, 0.6) is 0 Å². The predicted octanol–water partition coefficient (Wildman–Crippen LogP) is 1.59. The van der Waals surface area contributed by atoms with Crippen molar-refractivity contribution in [1.29, 1.82) is 0 Å². The van der Waals surface area contributed by atoms with Crippen molar-refractivity contribution in [3.05, 3.63) is 35.4 Å². The van der Waals surface area contributed by atoms with Gasteiger partial charge in [0.15, 0.2) is 0 Å². The number of hydrogen-bond acceptors (Lipinski definition) is 2. The Hall–Kier alpha value is -1.06. The summed E-state index contributed by atoms with van der Waals surface area (Å²) in [5.74, 6) is 0.1000. The first kappa shape index (κ1) is 13.0. The molecule has 0 bridgehead atoms. The molecule has 2 rings (SSSR count). The first-order valence-corrected chi connectivity index (χ1v) is 5.28. The Morgan fingerprint density at radius 2 is 2.00 bits per heavy atom. The van der Waals surface area contributed by atoms with Gasteiger partial charge in [0, 0.05) is 24.7 Å². The average molecular weight is 241 g/mol. The molecular formula is C12H17ClN2O. The minimum atomic E-state index is 0. The summed E-state index contributed by atoms with van der Waals surface area (Å²) in [6, 6.07) is 7.83. The molecule has 0 aromatic heterocycles. The number of amides is 1. The van der Waals surface area contributed by atoms with Crippen molar-refractivity contribution in [2.45, 2.75) is 19.4 Å². The summed E-state index contributed by atoms with van der Waals surface area (Å²) < 4.78 is 0. The number of hydrogen-bond donors (Lipinski definition) is 1. The molecule has 4 heteroatoms. The third-order valence-corrected chi connectivity index (χ3v) is 2.81. The molecule has 1 heterocycles. The molecule has 1 aromatic rings. The lowest BCUT2D eigenvalue weighted by molar-refractivity contribution is 0.0791. The fraction of sp³-hybridized carbons (Fsp3) is 0.417. The van der Waals surface area contributed by atoms with Gasteiger partial charge in [0.1, 0.15) is 0 Å². The van der Waals surface area contributed by atoms with E-state index in [1.54, 1.807) is 0 Å². The molecule has 3 nitrogen and oxygen atoms in total. The predicted molar refractivity (Wildman–Crippen MR) is 66.9 cm³/mol. The maximum absolute atomic E-state index is 12.0. The van der Waals surface area contributed by atoms with Crippen LogP contribution in [0.3, 0.4) is 0 Å². The molecule has 0 aliphatic carbocycles. The quantitative estimate of drug-likeness (QED) is 0.811. The van der Waals surface area contributed by atoms with Crippen molar-refractivity contribution in [2.24, 2.45) is 5.73 Å². The topological polar surface area (TPSA) is 46.3 Å². The number of aryl methyl sites for hydroxylation is 1. The highest BCUT2D eigenvalue weighted by molar-refractivity contribution is 5.94. The van der Waals surface area contributed by atoms with Gasteiger partial charge in [-0.05, 0) is 25.5 Å². The van der Waals surface area contributed by atoms with Crippen LogP contribution in [0.25, 0.3) is 0 Å². The van der Waals surface area contributed by atoms with E-state index in [-0.39, 0.29) is 24.4 Å². The summed E-state index contributed by atoms with van der Waals surface area (Å²) >= 11 is 0. The van der Waals surface area contributed by atoms with Crippen molar-refractivity contribution >= 4 is 18.3 Å². The molecule has 0 spiro atoms. The van der Waals surface area contributed by atoms with Crippen molar-refractivity contribution in [2.75, 3.05) is 13.1 Å². The van der Waals surface area contributed by atoms with Gasteiger partial charge in [-0.25, -0.2) is 0 Å². The van der Waals surface area contributed by atoms with Gasteiger partial charge in [-0.3, -0.25) is 4.79 Å². The zero-order valence-corrected chi connectivity index (χ0v) is 10.2. The molecule has 1 fully saturated rings. The lowest BCUT2D eigenvalue weighted by Crippen LogP contribution is -2.31. The summed E-state index contributed by atoms with van der Waals surface area (Å²) in [6.07, 6.45) is 0.914. The summed E-state index contributed by atoms with van der Waals surface area (Å²) in [4.78, 5) is 13.8. The molecule has 0 saturated carbocycles. The maximum Gasteiger partial charge on any atom is 0.253 e. The molecule has 1 atom stereocenters. The molecule has 1 saturated heterocycles. The zero-order chi connectivity index (χ0) is 10.8. The van der Waals surface area contributed by atoms with E-state index in [0.29, 0.717) is 6.54 Å². The molecule has 1 unspecified atom stereocenters. The van der Waals surface area contributed by atoms with Gasteiger partial charge in [0.25, 0.3) is 5.91 Å². The second-order valence-corrected chi connectivity index (χ2v) is 4.17. The van der Waals surface area contributed by atoms with E-state index in [9.17, 15) is 4.79 Å². The van der Waals surface area contributed by atoms with E-state index in [0.717, 1.165) is 18.5 Å². The smallest absolute Gasteiger partial charge is 0.253 e. The first-order chi connectivity index (χ1) is 7.16. The van der Waals surface area contributed by atoms with Crippen LogP contribution in [-0.4, -0.2) is 29.9 Å². The van der Waals surface area contributed by atoms with Crippen LogP contribution in [0, 0.1) is 6.92 Å². The van der Waals surface area contributed by atoms with Crippen molar-refractivity contribution in [3.8, 4) is 0 Å². The molecule has 88 valence electrons. The largest absolute Gasteiger partial charge is 0.337 e. The SMILES string of the molecule is Cc1ccc(C(=O)N2CCC(N)C2)cc1.Cl. The minimum Gasteiger partial charge on any atom is -0.337 e. The molecule has 2 N–H and O–H groups in total. The normalized spacial score (nSPS) is 19.4. The standard InChI is InChI=1S/C12H16N2O.ClH/c1-9-2-4-10(5-3-9)12(15)14-7-6-11(13)8-14;/h2-5,11H,6-8,13H2,1H3;1H. The van der Waals surface area contributed by atoms with E-state index in [1.807, 2.05) is 36.1 Å². The first-order valence-electron chi connectivity index (χ1n) is 5.28. The highest BCUT2D eigenvalue weighted by atomic mass is 35.5. The number of likely N-dealkylation sites (tertiary alicyclic amines) is 1. The summed E-state index contributed by atoms with van der Waals surface area (Å²) in [5.41, 5.74) is 7.70. The number of halogens is 1. The van der Waals surface area contributed by atoms with E-state index >= 15 is 0 Å². The Kier molecular flexibility index (Phi) is 4.33. The molecule has 1 aliphatic rings. The summed E-state index contributed by atoms with van der Waals surface area (Å²) in [7, 11) is 0. The fourth-order valence-electron chi connectivity index (χ4n) is 1.85. The van der Waals surface area contributed by atoms with Crippen LogP contribution in [0.4, 0.5) is 0 Å². The molecular weight excluding hydrogens is 224 g/mol. The van der Waals surface area contributed by atoms with Crippen LogP contribution in [-0.2, 0) is 0 Å². The van der Waals surface area contributed by atoms with Gasteiger partial charge in [-0.2, -0.15) is 0 Å². The van der Waals surface area contributed by atoms with Gasteiger partial charge in [-0.15, -0.1) is 12.4 Å². The Morgan fingerprint density at radius 1 is 1.38 bits per heavy atom. The van der Waals surface area contributed by atoms with E-state index in [2.05, 4.69) is 0 Å². The molecule has 1 aliphatic heterocycles. The Bertz CT molecular complexity index is 364. The Morgan fingerprint density at radius 3 is 2.50 bits per heavy atom. The van der Waals surface area contributed by atoms with Crippen LogP contribution < -0.4 is 5.73 Å². The number of nitrogens with zero attached hydrogens (tertiary/aromatic N) is 1. The van der Waals surface area contributed by atoms with Crippen molar-refractivity contribution in [1.82, 2.24) is 4.90 Å². The third-order valence-electron chi connectivity index (χ3n) is 2.81. The van der Waals surface area contributed by atoms with Crippen LogP contribution in [0.2, 0.25) is 0 Å². The maximum atomic E-state index is 12.0. The Balaban J connectivity index is 0.00000128. The molecule has 16 heavy (non-hydrogen) atoms. The third kappa shape index (κ3) is 2.74. The van der Waals surface area contributed by atoms with Crippen LogP contribution in [0.15, 0.2) is 24.3 Å². The highest BCUT2D eigenvalue weighted by Crippen LogP contribution is 2.12. The van der Waals surface area contributed by atoms with Gasteiger partial charge in [-0.1, -0.05) is 17.7 Å². The molecule has 1 aromatic carbocycles. The van der Waals surface area contributed by atoms with Gasteiger partial charge >= 0.3 is 0 Å². The number of nitrogens with two attached hydrogens (primary N) is 1. The molecule has 0 radical (unpaired) electrons. The van der Waals surface area contributed by atoms with Crippen LogP contribution in [0.1, 0.15) is 22.3 Å². The van der Waals surface area contributed by atoms with Gasteiger partial charge in [0.2, 0.25) is 0 Å². The molecule has 1 amide bonds. The Labute approximate surface area is 102 Å². The monoisotopic (exact) mass is 240 g/mol. The van der Waals surface area contributed by atoms with Crippen molar-refractivity contribution in [3.63, 3.8) is 0 Å². The van der Waals surface area contributed by atoms with Crippen molar-refractivity contribution < 1.29 is 4.79 Å². The highest BCUT2D eigenvalue weighted by Gasteiger charge is 2.24. The second kappa shape index (κ2) is 5.32. The van der Waals surface area contributed by atoms with Gasteiger partial charge in [0.05, 0.1) is 0 Å². The van der Waals surface area contributed by atoms with E-state index in [1.165, 1.54) is 5.56 Å². The second-order valence-electron chi connectivity index (χ2n) is 4.17. The summed E-state index contributed by atoms with van der Waals surface area (Å²) in [6.45, 7) is 3.49.